The number of para-hydroxylation sites is 1. The monoisotopic (exact) mass is 266 g/mol. The summed E-state index contributed by atoms with van der Waals surface area (Å²) in [6, 6.07) is 5.25. The van der Waals surface area contributed by atoms with Crippen molar-refractivity contribution in [2.24, 2.45) is 5.73 Å². The van der Waals surface area contributed by atoms with E-state index in [1.807, 2.05) is 13.0 Å². The van der Waals surface area contributed by atoms with Gasteiger partial charge in [-0.1, -0.05) is 12.1 Å². The maximum Gasteiger partial charge on any atom is 0.146 e. The predicted octanol–water partition coefficient (Wildman–Crippen LogP) is 2.33. The Kier molecular flexibility index (Phi) is 5.16. The highest BCUT2D eigenvalue weighted by molar-refractivity contribution is 5.55. The van der Waals surface area contributed by atoms with Gasteiger partial charge in [0.2, 0.25) is 0 Å². The lowest BCUT2D eigenvalue weighted by molar-refractivity contribution is 0.0525. The average molecular weight is 266 g/mol. The van der Waals surface area contributed by atoms with Crippen LogP contribution >= 0.6 is 0 Å². The maximum absolute atomic E-state index is 14.1. The van der Waals surface area contributed by atoms with Crippen molar-refractivity contribution in [3.8, 4) is 0 Å². The summed E-state index contributed by atoms with van der Waals surface area (Å²) >= 11 is 0. The summed E-state index contributed by atoms with van der Waals surface area (Å²) in [6.07, 6.45) is 3.03. The number of piperidine rings is 1. The molecule has 0 radical (unpaired) electrons. The molecule has 1 aromatic carbocycles. The molecule has 1 heterocycles. The molecule has 19 heavy (non-hydrogen) atoms. The molecule has 1 saturated heterocycles. The van der Waals surface area contributed by atoms with Crippen molar-refractivity contribution >= 4 is 5.69 Å². The lowest BCUT2D eigenvalue weighted by Gasteiger charge is -2.35. The first-order valence-corrected chi connectivity index (χ1v) is 7.10. The van der Waals surface area contributed by atoms with E-state index >= 15 is 0 Å². The average Bonchev–Trinajstić information content (AvgIpc) is 2.40. The number of halogens is 1. The van der Waals surface area contributed by atoms with Crippen molar-refractivity contribution in [1.82, 2.24) is 0 Å². The fourth-order valence-electron chi connectivity index (χ4n) is 2.78. The van der Waals surface area contributed by atoms with Crippen LogP contribution < -0.4 is 10.6 Å². The van der Waals surface area contributed by atoms with Crippen molar-refractivity contribution in [2.75, 3.05) is 31.1 Å². The van der Waals surface area contributed by atoms with Crippen molar-refractivity contribution < 1.29 is 9.13 Å². The van der Waals surface area contributed by atoms with E-state index in [9.17, 15) is 4.39 Å². The van der Waals surface area contributed by atoms with E-state index in [1.165, 1.54) is 6.07 Å². The van der Waals surface area contributed by atoms with Crippen LogP contribution in [0.3, 0.4) is 0 Å². The van der Waals surface area contributed by atoms with Crippen LogP contribution in [0, 0.1) is 5.82 Å². The van der Waals surface area contributed by atoms with Crippen LogP contribution in [0.2, 0.25) is 0 Å². The molecule has 4 heteroatoms. The molecule has 1 aliphatic rings. The number of benzene rings is 1. The zero-order chi connectivity index (χ0) is 13.7. The molecule has 0 spiro atoms. The number of rotatable bonds is 5. The Hall–Kier alpha value is -1.13. The highest BCUT2D eigenvalue weighted by atomic mass is 19.1. The number of hydrogen-bond donors (Lipinski definition) is 1. The van der Waals surface area contributed by atoms with Gasteiger partial charge >= 0.3 is 0 Å². The topological polar surface area (TPSA) is 38.5 Å². The summed E-state index contributed by atoms with van der Waals surface area (Å²) in [5.74, 6) is -0.150. The van der Waals surface area contributed by atoms with E-state index in [0.717, 1.165) is 37.2 Å². The van der Waals surface area contributed by atoms with E-state index < -0.39 is 0 Å². The largest absolute Gasteiger partial charge is 0.377 e. The maximum atomic E-state index is 14.1. The minimum Gasteiger partial charge on any atom is -0.377 e. The first kappa shape index (κ1) is 14.3. The molecular formula is C15H23FN2O. The molecule has 1 fully saturated rings. The molecule has 0 aliphatic carbocycles. The third-order valence-corrected chi connectivity index (χ3v) is 3.58. The van der Waals surface area contributed by atoms with Gasteiger partial charge in [-0.3, -0.25) is 0 Å². The third-order valence-electron chi connectivity index (χ3n) is 3.58. The number of nitrogens with two attached hydrogens (primary N) is 1. The van der Waals surface area contributed by atoms with Crippen molar-refractivity contribution in [3.05, 3.63) is 29.6 Å². The fraction of sp³-hybridized carbons (Fsp3) is 0.600. The molecule has 3 nitrogen and oxygen atoms in total. The van der Waals surface area contributed by atoms with E-state index in [1.54, 1.807) is 6.07 Å². The first-order chi connectivity index (χ1) is 9.26. The Balaban J connectivity index is 2.20. The molecule has 1 aliphatic heterocycles. The van der Waals surface area contributed by atoms with Crippen molar-refractivity contribution in [3.63, 3.8) is 0 Å². The summed E-state index contributed by atoms with van der Waals surface area (Å²) in [6.45, 7) is 4.92. The molecule has 1 aromatic rings. The molecule has 2 rings (SSSR count). The molecule has 2 N–H and O–H groups in total. The Morgan fingerprint density at radius 1 is 1.47 bits per heavy atom. The van der Waals surface area contributed by atoms with Crippen molar-refractivity contribution in [1.29, 1.82) is 0 Å². The summed E-state index contributed by atoms with van der Waals surface area (Å²) in [5, 5.41) is 0. The highest BCUT2D eigenvalue weighted by Crippen LogP contribution is 2.28. The summed E-state index contributed by atoms with van der Waals surface area (Å²) in [5.41, 5.74) is 7.34. The number of nitrogens with zero attached hydrogens (tertiary/aromatic N) is 1. The summed E-state index contributed by atoms with van der Waals surface area (Å²) in [7, 11) is 0. The van der Waals surface area contributed by atoms with Gasteiger partial charge in [-0.15, -0.1) is 0 Å². The molecule has 106 valence electrons. The minimum absolute atomic E-state index is 0.150. The second-order valence-corrected chi connectivity index (χ2v) is 4.95. The van der Waals surface area contributed by atoms with Crippen LogP contribution in [-0.2, 0) is 11.2 Å². The number of hydrogen-bond acceptors (Lipinski definition) is 3. The van der Waals surface area contributed by atoms with Gasteiger partial charge in [-0.05, 0) is 44.4 Å². The zero-order valence-corrected chi connectivity index (χ0v) is 11.6. The number of ether oxygens (including phenoxy) is 1. The van der Waals surface area contributed by atoms with Gasteiger partial charge in [0.1, 0.15) is 5.82 Å². The van der Waals surface area contributed by atoms with Crippen LogP contribution in [-0.4, -0.2) is 32.3 Å². The van der Waals surface area contributed by atoms with E-state index in [-0.39, 0.29) is 11.9 Å². The molecule has 1 atom stereocenters. The Bertz CT molecular complexity index is 409. The Labute approximate surface area is 114 Å². The zero-order valence-electron chi connectivity index (χ0n) is 11.6. The lowest BCUT2D eigenvalue weighted by Crippen LogP contribution is -2.40. The fourth-order valence-corrected chi connectivity index (χ4v) is 2.78. The molecule has 1 unspecified atom stereocenters. The second-order valence-electron chi connectivity index (χ2n) is 4.95. The highest BCUT2D eigenvalue weighted by Gasteiger charge is 2.23. The van der Waals surface area contributed by atoms with Crippen LogP contribution in [0.5, 0.6) is 0 Å². The van der Waals surface area contributed by atoms with Gasteiger partial charge in [0.25, 0.3) is 0 Å². The lowest BCUT2D eigenvalue weighted by atomic mass is 10.0. The SMILES string of the molecule is CCOC1CCCN(c2c(F)cccc2CCN)C1. The predicted molar refractivity (Wildman–Crippen MR) is 76.0 cm³/mol. The Morgan fingerprint density at radius 3 is 3.05 bits per heavy atom. The van der Waals surface area contributed by atoms with E-state index in [2.05, 4.69) is 4.90 Å². The van der Waals surface area contributed by atoms with Gasteiger partial charge in [0.15, 0.2) is 0 Å². The summed E-state index contributed by atoms with van der Waals surface area (Å²) in [4.78, 5) is 2.12. The molecular weight excluding hydrogens is 243 g/mol. The van der Waals surface area contributed by atoms with Crippen molar-refractivity contribution in [2.45, 2.75) is 32.3 Å². The van der Waals surface area contributed by atoms with Gasteiger partial charge < -0.3 is 15.4 Å². The van der Waals surface area contributed by atoms with Gasteiger partial charge in [-0.25, -0.2) is 4.39 Å². The molecule has 0 saturated carbocycles. The van der Waals surface area contributed by atoms with Crippen LogP contribution in [0.15, 0.2) is 18.2 Å². The van der Waals surface area contributed by atoms with E-state index in [0.29, 0.717) is 19.6 Å². The van der Waals surface area contributed by atoms with Gasteiger partial charge in [0.05, 0.1) is 11.8 Å². The normalized spacial score (nSPS) is 19.7. The van der Waals surface area contributed by atoms with Crippen LogP contribution in [0.25, 0.3) is 0 Å². The third kappa shape index (κ3) is 3.45. The first-order valence-electron chi connectivity index (χ1n) is 7.10. The standard InChI is InChI=1S/C15H23FN2O/c1-2-19-13-6-4-10-18(11-13)15-12(8-9-17)5-3-7-14(15)16/h3,5,7,13H,2,4,6,8-11,17H2,1H3. The van der Waals surface area contributed by atoms with E-state index in [4.69, 9.17) is 10.5 Å². The Morgan fingerprint density at radius 2 is 2.32 bits per heavy atom. The van der Waals surface area contributed by atoms with Gasteiger partial charge in [-0.2, -0.15) is 0 Å². The molecule has 0 amide bonds. The minimum atomic E-state index is -0.150. The summed E-state index contributed by atoms with van der Waals surface area (Å²) < 4.78 is 19.8. The smallest absolute Gasteiger partial charge is 0.146 e. The van der Waals surface area contributed by atoms with Crippen LogP contribution in [0.1, 0.15) is 25.3 Å². The number of anilines is 1. The van der Waals surface area contributed by atoms with Gasteiger partial charge in [0, 0.05) is 19.7 Å². The quantitative estimate of drug-likeness (QED) is 0.889. The molecule has 0 bridgehead atoms. The molecule has 0 aromatic heterocycles. The van der Waals surface area contributed by atoms with Crippen LogP contribution in [0.4, 0.5) is 10.1 Å². The second kappa shape index (κ2) is 6.87.